The molecule has 1 aromatic carbocycles. The highest BCUT2D eigenvalue weighted by atomic mass is 35.5. The molecule has 3 rings (SSSR count). The molecule has 0 bridgehead atoms. The molecule has 0 radical (unpaired) electrons. The van der Waals surface area contributed by atoms with Crippen LogP contribution in [0.4, 0.5) is 5.69 Å². The quantitative estimate of drug-likeness (QED) is 0.562. The largest absolute Gasteiger partial charge is 0.385 e. The van der Waals surface area contributed by atoms with Crippen molar-refractivity contribution in [1.82, 2.24) is 14.8 Å². The molecule has 1 aliphatic rings. The minimum absolute atomic E-state index is 0.484. The summed E-state index contributed by atoms with van der Waals surface area (Å²) in [6.07, 6.45) is 9.02. The number of nitrogens with one attached hydrogen (secondary N) is 1. The molecule has 0 aliphatic heterocycles. The third-order valence-electron chi connectivity index (χ3n) is 4.60. The smallest absolute Gasteiger partial charge is 0.191 e. The van der Waals surface area contributed by atoms with Gasteiger partial charge in [-0.3, -0.25) is 0 Å². The van der Waals surface area contributed by atoms with Crippen LogP contribution in [0, 0.1) is 11.3 Å². The predicted molar refractivity (Wildman–Crippen MR) is 102 cm³/mol. The molecule has 0 saturated heterocycles. The molecule has 0 spiro atoms. The van der Waals surface area contributed by atoms with E-state index in [2.05, 4.69) is 32.4 Å². The van der Waals surface area contributed by atoms with Crippen molar-refractivity contribution in [2.24, 2.45) is 0 Å². The number of benzene rings is 1. The van der Waals surface area contributed by atoms with Crippen molar-refractivity contribution in [1.29, 1.82) is 5.26 Å². The number of aryl methyl sites for hydroxylation is 1. The van der Waals surface area contributed by atoms with E-state index in [1.807, 2.05) is 6.07 Å². The summed E-state index contributed by atoms with van der Waals surface area (Å²) in [7, 11) is 0. The van der Waals surface area contributed by atoms with E-state index in [0.717, 1.165) is 36.1 Å². The second kappa shape index (κ2) is 8.59. The lowest BCUT2D eigenvalue weighted by Gasteiger charge is -2.16. The van der Waals surface area contributed by atoms with Gasteiger partial charge in [-0.2, -0.15) is 5.26 Å². The second-order valence-electron chi connectivity index (χ2n) is 6.25. The van der Waals surface area contributed by atoms with Crippen LogP contribution in [0.2, 0.25) is 5.02 Å². The summed E-state index contributed by atoms with van der Waals surface area (Å²) >= 11 is 7.74. The number of nitriles is 1. The zero-order valence-corrected chi connectivity index (χ0v) is 15.9. The summed E-state index contributed by atoms with van der Waals surface area (Å²) in [5.74, 6) is 1.09. The van der Waals surface area contributed by atoms with Gasteiger partial charge in [-0.05, 0) is 43.7 Å². The highest BCUT2D eigenvalue weighted by Crippen LogP contribution is 2.33. The summed E-state index contributed by atoms with van der Waals surface area (Å²) < 4.78 is 2.36. The van der Waals surface area contributed by atoms with Crippen LogP contribution in [-0.4, -0.2) is 27.6 Å². The fourth-order valence-corrected chi connectivity index (χ4v) is 4.14. The summed E-state index contributed by atoms with van der Waals surface area (Å²) in [5.41, 5.74) is 1.44. The second-order valence-corrected chi connectivity index (χ2v) is 7.43. The van der Waals surface area contributed by atoms with E-state index in [1.54, 1.807) is 23.9 Å². The number of nitrogens with zero attached hydrogens (tertiary/aromatic N) is 4. The first kappa shape index (κ1) is 18.1. The van der Waals surface area contributed by atoms with E-state index in [-0.39, 0.29) is 0 Å². The average Bonchev–Trinajstić information content (AvgIpc) is 3.27. The lowest BCUT2D eigenvalue weighted by molar-refractivity contribution is 0.461. The van der Waals surface area contributed by atoms with Crippen molar-refractivity contribution in [3.63, 3.8) is 0 Å². The van der Waals surface area contributed by atoms with Crippen molar-refractivity contribution >= 4 is 29.1 Å². The minimum Gasteiger partial charge on any atom is -0.385 e. The molecule has 1 N–H and O–H groups in total. The molecule has 25 heavy (non-hydrogen) atoms. The Morgan fingerprint density at radius 2 is 2.16 bits per heavy atom. The fourth-order valence-electron chi connectivity index (χ4n) is 3.34. The molecule has 0 atom stereocenters. The standard InChI is InChI=1S/C18H22ClN5S/c1-25-18-23-22-17(24(18)15-5-2-3-6-15)7-4-10-21-14-9-8-13(12-20)16(19)11-14/h8-9,11,15,21H,2-7,10H2,1H3. The number of anilines is 1. The number of rotatable bonds is 7. The maximum Gasteiger partial charge on any atom is 0.191 e. The highest BCUT2D eigenvalue weighted by molar-refractivity contribution is 7.98. The van der Waals surface area contributed by atoms with Crippen LogP contribution in [0.3, 0.4) is 0 Å². The first-order chi connectivity index (χ1) is 12.2. The van der Waals surface area contributed by atoms with Crippen LogP contribution in [0.1, 0.15) is 49.5 Å². The molecule has 0 amide bonds. The number of halogens is 1. The van der Waals surface area contributed by atoms with Crippen LogP contribution >= 0.6 is 23.4 Å². The number of hydrogen-bond acceptors (Lipinski definition) is 5. The zero-order chi connectivity index (χ0) is 17.6. The van der Waals surface area contributed by atoms with Gasteiger partial charge in [0, 0.05) is 24.7 Å². The van der Waals surface area contributed by atoms with Crippen LogP contribution in [0.5, 0.6) is 0 Å². The molecule has 1 heterocycles. The van der Waals surface area contributed by atoms with Gasteiger partial charge >= 0.3 is 0 Å². The Bertz CT molecular complexity index is 761. The van der Waals surface area contributed by atoms with Crippen molar-refractivity contribution in [3.05, 3.63) is 34.6 Å². The summed E-state index contributed by atoms with van der Waals surface area (Å²) in [6, 6.07) is 8.07. The Labute approximate surface area is 157 Å². The Kier molecular flexibility index (Phi) is 6.22. The van der Waals surface area contributed by atoms with E-state index in [9.17, 15) is 0 Å². The maximum absolute atomic E-state index is 8.92. The van der Waals surface area contributed by atoms with E-state index >= 15 is 0 Å². The molecular weight excluding hydrogens is 354 g/mol. The van der Waals surface area contributed by atoms with Crippen molar-refractivity contribution in [2.45, 2.75) is 49.7 Å². The molecule has 7 heteroatoms. The summed E-state index contributed by atoms with van der Waals surface area (Å²) in [4.78, 5) is 0. The minimum atomic E-state index is 0.484. The lowest BCUT2D eigenvalue weighted by Crippen LogP contribution is -2.12. The number of thioether (sulfide) groups is 1. The molecular formula is C18H22ClN5S. The molecule has 2 aromatic rings. The molecule has 5 nitrogen and oxygen atoms in total. The van der Waals surface area contributed by atoms with Gasteiger partial charge in [0.15, 0.2) is 5.16 Å². The molecule has 1 fully saturated rings. The van der Waals surface area contributed by atoms with E-state index < -0.39 is 0 Å². The van der Waals surface area contributed by atoms with Crippen LogP contribution in [0.15, 0.2) is 23.4 Å². The number of hydrogen-bond donors (Lipinski definition) is 1. The Morgan fingerprint density at radius 1 is 1.36 bits per heavy atom. The van der Waals surface area contributed by atoms with Crippen molar-refractivity contribution in [3.8, 4) is 6.07 Å². The van der Waals surface area contributed by atoms with Gasteiger partial charge in [0.1, 0.15) is 11.9 Å². The lowest BCUT2D eigenvalue weighted by atomic mass is 10.2. The van der Waals surface area contributed by atoms with Crippen LogP contribution < -0.4 is 5.32 Å². The van der Waals surface area contributed by atoms with E-state index in [4.69, 9.17) is 16.9 Å². The molecule has 1 saturated carbocycles. The molecule has 1 aliphatic carbocycles. The SMILES string of the molecule is CSc1nnc(CCCNc2ccc(C#N)c(Cl)c2)n1C1CCCC1. The fraction of sp³-hybridized carbons (Fsp3) is 0.500. The number of aromatic nitrogens is 3. The van der Waals surface area contributed by atoms with Crippen molar-refractivity contribution < 1.29 is 0 Å². The van der Waals surface area contributed by atoms with Gasteiger partial charge in [0.25, 0.3) is 0 Å². The first-order valence-corrected chi connectivity index (χ1v) is 10.2. The van der Waals surface area contributed by atoms with Crippen LogP contribution in [-0.2, 0) is 6.42 Å². The Morgan fingerprint density at radius 3 is 2.84 bits per heavy atom. The maximum atomic E-state index is 8.92. The molecule has 1 aromatic heterocycles. The van der Waals surface area contributed by atoms with Gasteiger partial charge in [-0.1, -0.05) is 36.2 Å². The monoisotopic (exact) mass is 375 g/mol. The third kappa shape index (κ3) is 4.28. The van der Waals surface area contributed by atoms with E-state index in [1.165, 1.54) is 25.7 Å². The Hall–Kier alpha value is -1.71. The molecule has 132 valence electrons. The third-order valence-corrected chi connectivity index (χ3v) is 5.56. The highest BCUT2D eigenvalue weighted by Gasteiger charge is 2.23. The van der Waals surface area contributed by atoms with Gasteiger partial charge in [0.2, 0.25) is 0 Å². The van der Waals surface area contributed by atoms with Crippen LogP contribution in [0.25, 0.3) is 0 Å². The zero-order valence-electron chi connectivity index (χ0n) is 14.3. The normalized spacial score (nSPS) is 14.6. The first-order valence-electron chi connectivity index (χ1n) is 8.64. The van der Waals surface area contributed by atoms with Gasteiger partial charge < -0.3 is 9.88 Å². The topological polar surface area (TPSA) is 66.5 Å². The molecule has 0 unspecified atom stereocenters. The van der Waals surface area contributed by atoms with Gasteiger partial charge in [-0.15, -0.1) is 10.2 Å². The van der Waals surface area contributed by atoms with Crippen molar-refractivity contribution in [2.75, 3.05) is 18.1 Å². The summed E-state index contributed by atoms with van der Waals surface area (Å²) in [5, 5.41) is 22.6. The predicted octanol–water partition coefficient (Wildman–Crippen LogP) is 4.68. The van der Waals surface area contributed by atoms with Gasteiger partial charge in [0.05, 0.1) is 10.6 Å². The average molecular weight is 376 g/mol. The van der Waals surface area contributed by atoms with Gasteiger partial charge in [-0.25, -0.2) is 0 Å². The van der Waals surface area contributed by atoms with E-state index in [0.29, 0.717) is 16.6 Å². The Balaban J connectivity index is 1.56. The summed E-state index contributed by atoms with van der Waals surface area (Å²) in [6.45, 7) is 0.828.